The Hall–Kier alpha value is -2.39. The van der Waals surface area contributed by atoms with Gasteiger partial charge < -0.3 is 10.6 Å². The molecule has 3 rings (SSSR count). The van der Waals surface area contributed by atoms with E-state index in [2.05, 4.69) is 25.7 Å². The van der Waals surface area contributed by atoms with Crippen molar-refractivity contribution in [2.75, 3.05) is 11.9 Å². The topological polar surface area (TPSA) is 102 Å². The molecule has 2 aromatic heterocycles. The van der Waals surface area contributed by atoms with Gasteiger partial charge in [-0.25, -0.2) is 14.6 Å². The fourth-order valence-electron chi connectivity index (χ4n) is 2.13. The molecule has 3 aromatic rings. The number of hydrogen-bond donors (Lipinski definition) is 2. The van der Waals surface area contributed by atoms with Crippen LogP contribution in [0, 0.1) is 0 Å². The third kappa shape index (κ3) is 4.53. The summed E-state index contributed by atoms with van der Waals surface area (Å²) in [4.78, 5) is 31.9. The van der Waals surface area contributed by atoms with Crippen LogP contribution in [0.15, 0.2) is 36.9 Å². The van der Waals surface area contributed by atoms with Crippen molar-refractivity contribution in [2.24, 2.45) is 0 Å². The number of carbonyl (C=O) groups excluding carboxylic acids is 2. The number of nitrogens with one attached hydrogen (secondary N) is 2. The maximum absolute atomic E-state index is 12.2. The van der Waals surface area contributed by atoms with Crippen LogP contribution < -0.4 is 10.6 Å². The third-order valence-corrected chi connectivity index (χ3v) is 5.12. The molecule has 2 N–H and O–H groups in total. The third-order valence-electron chi connectivity index (χ3n) is 3.44. The van der Waals surface area contributed by atoms with Crippen LogP contribution in [-0.2, 0) is 4.79 Å². The lowest BCUT2D eigenvalue weighted by Gasteiger charge is -2.10. The van der Waals surface area contributed by atoms with E-state index in [0.29, 0.717) is 5.69 Å². The molecule has 0 radical (unpaired) electrons. The predicted octanol–water partition coefficient (Wildman–Crippen LogP) is 3.64. The molecule has 0 saturated carbocycles. The van der Waals surface area contributed by atoms with Crippen LogP contribution in [0.5, 0.6) is 0 Å². The molecule has 0 bridgehead atoms. The number of amides is 2. The van der Waals surface area contributed by atoms with Gasteiger partial charge in [0.1, 0.15) is 23.5 Å². The predicted molar refractivity (Wildman–Crippen MR) is 107 cm³/mol. The standard InChI is InChI=1S/C16H10Cl4N6O2/c17-11-12(18)14(25-15(20)13(11)19)16(28)22-5-10(27)24-8-1-3-9(4-2-8)26-7-21-6-23-26/h1-4,6-7H,5H2,(H,22,28)(H,24,27). The first kappa shape index (κ1) is 20.3. The molecule has 1 aromatic carbocycles. The average Bonchev–Trinajstić information content (AvgIpc) is 3.22. The van der Waals surface area contributed by atoms with E-state index in [1.54, 1.807) is 35.3 Å². The van der Waals surface area contributed by atoms with Crippen LogP contribution in [-0.4, -0.2) is 38.1 Å². The highest BCUT2D eigenvalue weighted by atomic mass is 35.5. The fraction of sp³-hybridized carbons (Fsp3) is 0.0625. The van der Waals surface area contributed by atoms with Gasteiger partial charge in [0.05, 0.1) is 27.3 Å². The number of carbonyl (C=O) groups is 2. The Labute approximate surface area is 178 Å². The summed E-state index contributed by atoms with van der Waals surface area (Å²) in [5, 5.41) is 8.56. The van der Waals surface area contributed by atoms with E-state index in [1.807, 2.05) is 0 Å². The Balaban J connectivity index is 1.59. The number of rotatable bonds is 5. The summed E-state index contributed by atoms with van der Waals surface area (Å²) >= 11 is 23.5. The molecule has 0 atom stereocenters. The van der Waals surface area contributed by atoms with E-state index < -0.39 is 11.8 Å². The Bertz CT molecular complexity index is 1020. The first-order chi connectivity index (χ1) is 13.4. The molecular formula is C16H10Cl4N6O2. The van der Waals surface area contributed by atoms with Crippen molar-refractivity contribution >= 4 is 63.9 Å². The van der Waals surface area contributed by atoms with Crippen molar-refractivity contribution in [3.05, 3.63) is 62.8 Å². The monoisotopic (exact) mass is 458 g/mol. The molecular weight excluding hydrogens is 450 g/mol. The molecule has 12 heteroatoms. The number of halogens is 4. The van der Waals surface area contributed by atoms with Crippen LogP contribution in [0.2, 0.25) is 20.2 Å². The smallest absolute Gasteiger partial charge is 0.271 e. The molecule has 0 aliphatic carbocycles. The lowest BCUT2D eigenvalue weighted by Crippen LogP contribution is -2.33. The zero-order valence-electron chi connectivity index (χ0n) is 13.8. The van der Waals surface area contributed by atoms with Gasteiger partial charge in [0, 0.05) is 5.69 Å². The fourth-order valence-corrected chi connectivity index (χ4v) is 2.94. The molecule has 0 saturated heterocycles. The summed E-state index contributed by atoms with van der Waals surface area (Å²) in [5.41, 5.74) is 1.09. The minimum absolute atomic E-state index is 0.0584. The molecule has 0 aliphatic rings. The minimum atomic E-state index is -0.720. The van der Waals surface area contributed by atoms with Gasteiger partial charge in [-0.1, -0.05) is 46.4 Å². The summed E-state index contributed by atoms with van der Waals surface area (Å²) in [5.74, 6) is -1.17. The van der Waals surface area contributed by atoms with Crippen LogP contribution in [0.1, 0.15) is 10.5 Å². The van der Waals surface area contributed by atoms with Crippen molar-refractivity contribution in [2.45, 2.75) is 0 Å². The first-order valence-corrected chi connectivity index (χ1v) is 9.11. The highest BCUT2D eigenvalue weighted by molar-refractivity contribution is 6.52. The van der Waals surface area contributed by atoms with Crippen molar-refractivity contribution < 1.29 is 9.59 Å². The van der Waals surface area contributed by atoms with Gasteiger partial charge in [-0.3, -0.25) is 9.59 Å². The molecule has 28 heavy (non-hydrogen) atoms. The van der Waals surface area contributed by atoms with Crippen LogP contribution in [0.3, 0.4) is 0 Å². The molecule has 0 fully saturated rings. The number of anilines is 1. The Morgan fingerprint density at radius 1 is 1.00 bits per heavy atom. The summed E-state index contributed by atoms with van der Waals surface area (Å²) < 4.78 is 1.57. The molecule has 0 spiro atoms. The van der Waals surface area contributed by atoms with Gasteiger partial charge in [0.15, 0.2) is 0 Å². The quantitative estimate of drug-likeness (QED) is 0.567. The van der Waals surface area contributed by atoms with E-state index in [1.165, 1.54) is 6.33 Å². The second-order valence-electron chi connectivity index (χ2n) is 5.31. The molecule has 2 heterocycles. The highest BCUT2D eigenvalue weighted by Gasteiger charge is 2.20. The van der Waals surface area contributed by atoms with E-state index in [-0.39, 0.29) is 32.5 Å². The van der Waals surface area contributed by atoms with Crippen molar-refractivity contribution in [1.82, 2.24) is 25.1 Å². The van der Waals surface area contributed by atoms with Crippen molar-refractivity contribution in [3.63, 3.8) is 0 Å². The second-order valence-corrected chi connectivity index (χ2v) is 6.80. The highest BCUT2D eigenvalue weighted by Crippen LogP contribution is 2.35. The van der Waals surface area contributed by atoms with Gasteiger partial charge in [-0.05, 0) is 24.3 Å². The molecule has 0 aliphatic heterocycles. The Morgan fingerprint density at radius 3 is 2.36 bits per heavy atom. The largest absolute Gasteiger partial charge is 0.342 e. The zero-order chi connectivity index (χ0) is 20.3. The van der Waals surface area contributed by atoms with Gasteiger partial charge in [-0.2, -0.15) is 5.10 Å². The van der Waals surface area contributed by atoms with Crippen molar-refractivity contribution in [3.8, 4) is 5.69 Å². The van der Waals surface area contributed by atoms with E-state index in [9.17, 15) is 9.59 Å². The SMILES string of the molecule is O=C(CNC(=O)c1nc(Cl)c(Cl)c(Cl)c1Cl)Nc1ccc(-n2cncn2)cc1. The number of nitrogens with zero attached hydrogens (tertiary/aromatic N) is 4. The minimum Gasteiger partial charge on any atom is -0.342 e. The lowest BCUT2D eigenvalue weighted by molar-refractivity contribution is -0.115. The van der Waals surface area contributed by atoms with E-state index >= 15 is 0 Å². The molecule has 144 valence electrons. The number of pyridine rings is 1. The number of benzene rings is 1. The van der Waals surface area contributed by atoms with Crippen LogP contribution >= 0.6 is 46.4 Å². The molecule has 8 nitrogen and oxygen atoms in total. The summed E-state index contributed by atoms with van der Waals surface area (Å²) in [7, 11) is 0. The lowest BCUT2D eigenvalue weighted by atomic mass is 10.3. The maximum Gasteiger partial charge on any atom is 0.271 e. The van der Waals surface area contributed by atoms with E-state index in [4.69, 9.17) is 46.4 Å². The second kappa shape index (κ2) is 8.74. The number of hydrogen-bond acceptors (Lipinski definition) is 5. The first-order valence-electron chi connectivity index (χ1n) is 7.60. The molecule has 2 amide bonds. The average molecular weight is 460 g/mol. The summed E-state index contributed by atoms with van der Waals surface area (Å²) in [6.07, 6.45) is 2.97. The summed E-state index contributed by atoms with van der Waals surface area (Å²) in [6, 6.07) is 6.89. The maximum atomic E-state index is 12.2. The Morgan fingerprint density at radius 2 is 1.71 bits per heavy atom. The van der Waals surface area contributed by atoms with Gasteiger partial charge in [0.2, 0.25) is 5.91 Å². The Kier molecular flexibility index (Phi) is 6.35. The zero-order valence-corrected chi connectivity index (χ0v) is 16.8. The van der Waals surface area contributed by atoms with Crippen LogP contribution in [0.4, 0.5) is 5.69 Å². The summed E-state index contributed by atoms with van der Waals surface area (Å²) in [6.45, 7) is -0.320. The van der Waals surface area contributed by atoms with E-state index in [0.717, 1.165) is 5.69 Å². The van der Waals surface area contributed by atoms with Gasteiger partial charge in [0.25, 0.3) is 5.91 Å². The normalized spacial score (nSPS) is 10.6. The molecule has 0 unspecified atom stereocenters. The van der Waals surface area contributed by atoms with Crippen LogP contribution in [0.25, 0.3) is 5.69 Å². The van der Waals surface area contributed by atoms with Gasteiger partial charge >= 0.3 is 0 Å². The van der Waals surface area contributed by atoms with Gasteiger partial charge in [-0.15, -0.1) is 0 Å². The number of aromatic nitrogens is 4. The van der Waals surface area contributed by atoms with Crippen molar-refractivity contribution in [1.29, 1.82) is 0 Å².